The predicted octanol–water partition coefficient (Wildman–Crippen LogP) is 4.82. The van der Waals surface area contributed by atoms with E-state index in [1.165, 1.54) is 31.2 Å². The lowest BCUT2D eigenvalue weighted by molar-refractivity contribution is -0.438. The van der Waals surface area contributed by atoms with Crippen molar-refractivity contribution in [3.8, 4) is 5.75 Å². The Morgan fingerprint density at radius 1 is 1.06 bits per heavy atom. The summed E-state index contributed by atoms with van der Waals surface area (Å²) in [5.74, 6) is -0.0915. The Labute approximate surface area is 189 Å². The molecule has 180 valence electrons. The first-order valence-electron chi connectivity index (χ1n) is 7.80. The smallest absolute Gasteiger partial charge is 0.448 e. The minimum Gasteiger partial charge on any atom is -0.462 e. The van der Waals surface area contributed by atoms with E-state index >= 15 is 0 Å². The van der Waals surface area contributed by atoms with Gasteiger partial charge in [-0.05, 0) is 19.1 Å². The molecule has 0 fully saturated rings. The third-order valence-electron chi connectivity index (χ3n) is 3.15. The molecular weight excluding hydrogens is 609 g/mol. The van der Waals surface area contributed by atoms with Gasteiger partial charge in [-0.15, -0.1) is 0 Å². The van der Waals surface area contributed by atoms with E-state index in [4.69, 9.17) is 21.1 Å². The summed E-state index contributed by atoms with van der Waals surface area (Å²) < 4.78 is 137. The van der Waals surface area contributed by atoms with Crippen molar-refractivity contribution in [2.75, 3.05) is 13.2 Å². The van der Waals surface area contributed by atoms with Crippen molar-refractivity contribution in [1.29, 1.82) is 0 Å². The molecule has 0 radical (unpaired) electrons. The van der Waals surface area contributed by atoms with E-state index in [9.17, 15) is 43.5 Å². The highest BCUT2D eigenvalue weighted by Gasteiger charge is 2.73. The number of para-hydroxylation sites is 1. The summed E-state index contributed by atoms with van der Waals surface area (Å²) in [6.07, 6.45) is -14.4. The number of benzene rings is 1. The Balaban J connectivity index is 3.02. The molecule has 1 aromatic rings. The average molecular weight is 622 g/mol. The van der Waals surface area contributed by atoms with Gasteiger partial charge in [0.2, 0.25) is 6.29 Å². The van der Waals surface area contributed by atoms with Gasteiger partial charge in [0.25, 0.3) is 10.0 Å². The predicted molar refractivity (Wildman–Crippen MR) is 99.3 cm³/mol. The van der Waals surface area contributed by atoms with Crippen LogP contribution in [-0.2, 0) is 19.5 Å². The van der Waals surface area contributed by atoms with Gasteiger partial charge in [0.05, 0.1) is 11.6 Å². The van der Waals surface area contributed by atoms with E-state index in [1.807, 2.05) is 0 Å². The summed E-state index contributed by atoms with van der Waals surface area (Å²) in [6.45, 7) is 0.00965. The first-order chi connectivity index (χ1) is 13.9. The molecule has 0 spiro atoms. The van der Waals surface area contributed by atoms with Gasteiger partial charge in [0.15, 0.2) is 0 Å². The molecular formula is C14H13ClF8INO5S. The van der Waals surface area contributed by atoms with Gasteiger partial charge < -0.3 is 9.47 Å². The second kappa shape index (κ2) is 10.1. The summed E-state index contributed by atoms with van der Waals surface area (Å²) in [7, 11) is -6.48. The van der Waals surface area contributed by atoms with Crippen molar-refractivity contribution < 1.29 is 57.8 Å². The monoisotopic (exact) mass is 621 g/mol. The molecule has 1 atom stereocenters. The molecule has 0 saturated heterocycles. The maximum atomic E-state index is 13.8. The van der Waals surface area contributed by atoms with Crippen molar-refractivity contribution in [3.05, 3.63) is 29.3 Å². The first-order valence-corrected chi connectivity index (χ1v) is 10.7. The van der Waals surface area contributed by atoms with Crippen LogP contribution in [-0.4, -0.2) is 49.3 Å². The fourth-order valence-corrected chi connectivity index (χ4v) is 2.89. The van der Waals surface area contributed by atoms with Gasteiger partial charge in [-0.3, -0.25) is 0 Å². The number of rotatable bonds is 12. The van der Waals surface area contributed by atoms with Gasteiger partial charge in [0, 0.05) is 29.2 Å². The van der Waals surface area contributed by atoms with E-state index < -0.39 is 44.3 Å². The van der Waals surface area contributed by atoms with Crippen LogP contribution < -0.4 is 9.46 Å². The number of sulfonamides is 1. The SMILES string of the molecule is CCOC(CNS(=O)(=O)C(F)(F)C(F)(F)OC(F)(F)C(F)(F)I)Oc1ccccc1Cl. The highest BCUT2D eigenvalue weighted by Crippen LogP contribution is 2.48. The van der Waals surface area contributed by atoms with Crippen LogP contribution in [0.3, 0.4) is 0 Å². The molecule has 0 bridgehead atoms. The second-order valence-electron chi connectivity index (χ2n) is 5.44. The third-order valence-corrected chi connectivity index (χ3v) is 5.55. The largest absolute Gasteiger partial charge is 0.462 e. The van der Waals surface area contributed by atoms with Gasteiger partial charge in [-0.1, -0.05) is 23.7 Å². The van der Waals surface area contributed by atoms with Crippen LogP contribution in [0.25, 0.3) is 0 Å². The van der Waals surface area contributed by atoms with Crippen molar-refractivity contribution in [1.82, 2.24) is 4.72 Å². The lowest BCUT2D eigenvalue weighted by Gasteiger charge is -2.31. The van der Waals surface area contributed by atoms with Crippen LogP contribution in [0.4, 0.5) is 35.1 Å². The normalized spacial score (nSPS) is 15.1. The lowest BCUT2D eigenvalue weighted by Crippen LogP contribution is -2.58. The molecule has 1 unspecified atom stereocenters. The number of alkyl halides is 9. The third kappa shape index (κ3) is 6.89. The Morgan fingerprint density at radius 3 is 2.10 bits per heavy atom. The first kappa shape index (κ1) is 28.3. The summed E-state index contributed by atoms with van der Waals surface area (Å²) in [5.41, 5.74) is 0. The van der Waals surface area contributed by atoms with E-state index in [1.54, 1.807) is 0 Å². The molecule has 0 aliphatic rings. The van der Waals surface area contributed by atoms with Gasteiger partial charge >= 0.3 is 21.4 Å². The van der Waals surface area contributed by atoms with Crippen LogP contribution in [0.15, 0.2) is 24.3 Å². The molecule has 6 nitrogen and oxygen atoms in total. The van der Waals surface area contributed by atoms with Gasteiger partial charge in [0.1, 0.15) is 5.75 Å². The minimum absolute atomic E-state index is 0.00211. The summed E-state index contributed by atoms with van der Waals surface area (Å²) in [4.78, 5) is 0. The zero-order chi connectivity index (χ0) is 24.3. The van der Waals surface area contributed by atoms with Crippen LogP contribution in [0.2, 0.25) is 5.02 Å². The van der Waals surface area contributed by atoms with Crippen molar-refractivity contribution in [2.24, 2.45) is 0 Å². The van der Waals surface area contributed by atoms with Crippen LogP contribution in [0.1, 0.15) is 6.92 Å². The lowest BCUT2D eigenvalue weighted by atomic mass is 10.3. The Kier molecular flexibility index (Phi) is 9.20. The van der Waals surface area contributed by atoms with E-state index in [0.717, 1.165) is 4.72 Å². The fourth-order valence-electron chi connectivity index (χ4n) is 1.71. The van der Waals surface area contributed by atoms with Crippen molar-refractivity contribution in [2.45, 2.75) is 34.6 Å². The van der Waals surface area contributed by atoms with Gasteiger partial charge in [-0.2, -0.15) is 35.1 Å². The quantitative estimate of drug-likeness (QED) is 0.157. The van der Waals surface area contributed by atoms with E-state index in [-0.39, 0.29) is 40.0 Å². The van der Waals surface area contributed by atoms with Crippen LogP contribution >= 0.6 is 34.2 Å². The standard InChI is InChI=1S/C14H13ClF8INO5S/c1-2-28-10(29-9-6-4-3-5-8(9)15)7-25-31(26,27)14(22,23)13(20,21)30-12(18,19)11(16,17)24/h3-6,10,25H,2,7H2,1H3. The Bertz CT molecular complexity index is 855. The zero-order valence-electron chi connectivity index (χ0n) is 15.0. The molecule has 0 amide bonds. The molecule has 0 aromatic heterocycles. The Morgan fingerprint density at radius 2 is 1.61 bits per heavy atom. The fraction of sp³-hybridized carbons (Fsp3) is 0.571. The maximum Gasteiger partial charge on any atom is 0.448 e. The molecule has 31 heavy (non-hydrogen) atoms. The molecule has 0 saturated carbocycles. The number of halogens is 10. The molecule has 1 rings (SSSR count). The number of ether oxygens (including phenoxy) is 3. The average Bonchev–Trinajstić information content (AvgIpc) is 2.59. The second-order valence-corrected chi connectivity index (χ2v) is 9.01. The number of hydrogen-bond donors (Lipinski definition) is 1. The Hall–Kier alpha value is -0.690. The minimum atomic E-state index is -6.55. The van der Waals surface area contributed by atoms with Crippen molar-refractivity contribution >= 4 is 44.2 Å². The summed E-state index contributed by atoms with van der Waals surface area (Å²) in [5, 5.41) is -6.39. The highest BCUT2D eigenvalue weighted by molar-refractivity contribution is 14.1. The maximum absolute atomic E-state index is 13.8. The molecule has 1 aromatic carbocycles. The van der Waals surface area contributed by atoms with Crippen LogP contribution in [0, 0.1) is 0 Å². The van der Waals surface area contributed by atoms with Crippen molar-refractivity contribution in [3.63, 3.8) is 0 Å². The van der Waals surface area contributed by atoms with E-state index in [2.05, 4.69) is 4.74 Å². The number of nitrogens with one attached hydrogen (secondary N) is 1. The topological polar surface area (TPSA) is 73.9 Å². The summed E-state index contributed by atoms with van der Waals surface area (Å²) >= 11 is 5.46. The number of hydrogen-bond acceptors (Lipinski definition) is 5. The molecule has 0 aliphatic carbocycles. The van der Waals surface area contributed by atoms with Crippen LogP contribution in [0.5, 0.6) is 5.75 Å². The molecule has 17 heteroatoms. The molecule has 1 N–H and O–H groups in total. The van der Waals surface area contributed by atoms with E-state index in [0.29, 0.717) is 0 Å². The zero-order valence-corrected chi connectivity index (χ0v) is 18.8. The van der Waals surface area contributed by atoms with Gasteiger partial charge in [-0.25, -0.2) is 17.9 Å². The molecule has 0 heterocycles. The highest BCUT2D eigenvalue weighted by atomic mass is 127. The summed E-state index contributed by atoms with van der Waals surface area (Å²) in [6, 6.07) is 5.56. The molecule has 0 aliphatic heterocycles.